The largest absolute Gasteiger partial charge is 0.384 e. The number of halogens is 1. The summed E-state index contributed by atoms with van der Waals surface area (Å²) in [5.74, 6) is 0. The molecule has 0 unspecified atom stereocenters. The second kappa shape index (κ2) is 4.05. The third-order valence-electron chi connectivity index (χ3n) is 1.74. The van der Waals surface area contributed by atoms with Crippen LogP contribution in [0.3, 0.4) is 0 Å². The lowest BCUT2D eigenvalue weighted by atomic mass is 10.1. The van der Waals surface area contributed by atoms with Crippen LogP contribution in [0.4, 0.5) is 4.39 Å². The molecule has 0 spiro atoms. The van der Waals surface area contributed by atoms with Gasteiger partial charge in [0.25, 0.3) is 0 Å². The normalized spacial score (nSPS) is 13.0. The summed E-state index contributed by atoms with van der Waals surface area (Å²) in [5, 5.41) is 0. The van der Waals surface area contributed by atoms with Crippen LogP contribution in [0, 0.1) is 6.92 Å². The van der Waals surface area contributed by atoms with Crippen molar-refractivity contribution >= 4 is 13.7 Å². The number of benzene rings is 1. The van der Waals surface area contributed by atoms with Crippen LogP contribution in [0.15, 0.2) is 29.8 Å². The van der Waals surface area contributed by atoms with Crippen molar-refractivity contribution in [3.8, 4) is 0 Å². The maximum Gasteiger partial charge on any atom is 0.384 e. The molecule has 0 heterocycles. The highest BCUT2D eigenvalue weighted by molar-refractivity contribution is 7.56. The second-order valence-corrected chi connectivity index (χ2v) is 4.38. The molecule has 0 amide bonds. The number of hydrogen-bond donors (Lipinski definition) is 2. The zero-order chi connectivity index (χ0) is 10.8. The second-order valence-electron chi connectivity index (χ2n) is 2.87. The zero-order valence-electron chi connectivity index (χ0n) is 7.51. The van der Waals surface area contributed by atoms with Crippen molar-refractivity contribution in [2.24, 2.45) is 0 Å². The summed E-state index contributed by atoms with van der Waals surface area (Å²) in [6.07, 6.45) is 0.857. The van der Waals surface area contributed by atoms with Crippen LogP contribution in [-0.2, 0) is 4.57 Å². The van der Waals surface area contributed by atoms with Gasteiger partial charge in [0.05, 0.1) is 0 Å². The first-order valence-corrected chi connectivity index (χ1v) is 5.51. The lowest BCUT2D eigenvalue weighted by Gasteiger charge is -2.02. The average molecular weight is 216 g/mol. The zero-order valence-corrected chi connectivity index (χ0v) is 8.41. The van der Waals surface area contributed by atoms with Gasteiger partial charge < -0.3 is 9.79 Å². The molecule has 1 rings (SSSR count). The van der Waals surface area contributed by atoms with Crippen LogP contribution >= 0.6 is 7.60 Å². The monoisotopic (exact) mass is 216 g/mol. The van der Waals surface area contributed by atoms with E-state index in [0.29, 0.717) is 5.56 Å². The molecule has 14 heavy (non-hydrogen) atoms. The summed E-state index contributed by atoms with van der Waals surface area (Å²) >= 11 is 0. The molecule has 0 aliphatic rings. The number of rotatable bonds is 2. The topological polar surface area (TPSA) is 57.5 Å². The fourth-order valence-corrected chi connectivity index (χ4v) is 1.27. The van der Waals surface area contributed by atoms with Gasteiger partial charge in [-0.25, -0.2) is 0 Å². The Morgan fingerprint density at radius 1 is 1.43 bits per heavy atom. The van der Waals surface area contributed by atoms with Crippen molar-refractivity contribution in [2.45, 2.75) is 6.92 Å². The summed E-state index contributed by atoms with van der Waals surface area (Å²) in [6, 6.07) is 6.76. The predicted molar refractivity (Wildman–Crippen MR) is 52.3 cm³/mol. The first-order valence-electron chi connectivity index (χ1n) is 3.90. The molecule has 0 aliphatic carbocycles. The molecule has 1 aromatic carbocycles. The minimum absolute atomic E-state index is 0.466. The van der Waals surface area contributed by atoms with E-state index >= 15 is 0 Å². The van der Waals surface area contributed by atoms with Crippen molar-refractivity contribution in [3.63, 3.8) is 0 Å². The summed E-state index contributed by atoms with van der Waals surface area (Å²) in [4.78, 5) is 17.0. The standard InChI is InChI=1S/C9H10FO3P/c1-7-4-2-3-5-8(7)6-9(10)14(11,12)13/h2-6H,1H3,(H2,11,12,13)/b9-6+. The van der Waals surface area contributed by atoms with E-state index < -0.39 is 13.2 Å². The van der Waals surface area contributed by atoms with Crippen LogP contribution < -0.4 is 0 Å². The van der Waals surface area contributed by atoms with Gasteiger partial charge in [0.2, 0.25) is 5.57 Å². The van der Waals surface area contributed by atoms with E-state index in [0.717, 1.165) is 11.6 Å². The van der Waals surface area contributed by atoms with Crippen LogP contribution in [-0.4, -0.2) is 9.79 Å². The van der Waals surface area contributed by atoms with Crippen LogP contribution in [0.2, 0.25) is 0 Å². The van der Waals surface area contributed by atoms with E-state index in [1.54, 1.807) is 31.2 Å². The molecule has 0 radical (unpaired) electrons. The minimum atomic E-state index is -4.75. The van der Waals surface area contributed by atoms with E-state index in [2.05, 4.69) is 0 Å². The summed E-state index contributed by atoms with van der Waals surface area (Å²) < 4.78 is 23.4. The Hall–Kier alpha value is -0.960. The van der Waals surface area contributed by atoms with Crippen molar-refractivity contribution in [1.82, 2.24) is 0 Å². The van der Waals surface area contributed by atoms with E-state index in [-0.39, 0.29) is 0 Å². The highest BCUT2D eigenvalue weighted by Gasteiger charge is 2.20. The SMILES string of the molecule is Cc1ccccc1/C=C(\F)P(=O)(O)O. The van der Waals surface area contributed by atoms with Gasteiger partial charge in [-0.05, 0) is 24.1 Å². The Morgan fingerprint density at radius 3 is 2.50 bits per heavy atom. The van der Waals surface area contributed by atoms with Gasteiger partial charge in [0.1, 0.15) is 0 Å². The molecule has 0 aliphatic heterocycles. The molecule has 0 fully saturated rings. The fraction of sp³-hybridized carbons (Fsp3) is 0.111. The number of hydrogen-bond acceptors (Lipinski definition) is 1. The molecule has 3 nitrogen and oxygen atoms in total. The van der Waals surface area contributed by atoms with Gasteiger partial charge in [0.15, 0.2) is 0 Å². The first-order chi connectivity index (χ1) is 6.41. The highest BCUT2D eigenvalue weighted by atomic mass is 31.2. The Kier molecular flexibility index (Phi) is 3.21. The lowest BCUT2D eigenvalue weighted by molar-refractivity contribution is 0.369. The molecule has 0 atom stereocenters. The van der Waals surface area contributed by atoms with Gasteiger partial charge in [-0.1, -0.05) is 24.3 Å². The Balaban J connectivity index is 3.10. The van der Waals surface area contributed by atoms with Crippen molar-refractivity contribution < 1.29 is 18.7 Å². The van der Waals surface area contributed by atoms with Gasteiger partial charge in [-0.15, -0.1) is 0 Å². The van der Waals surface area contributed by atoms with Crippen LogP contribution in [0.1, 0.15) is 11.1 Å². The van der Waals surface area contributed by atoms with Gasteiger partial charge in [0, 0.05) is 0 Å². The maximum absolute atomic E-state index is 12.9. The molecular formula is C9H10FO3P. The third kappa shape index (κ3) is 2.77. The average Bonchev–Trinajstić information content (AvgIpc) is 2.07. The lowest BCUT2D eigenvalue weighted by Crippen LogP contribution is -1.82. The number of aryl methyl sites for hydroxylation is 1. The van der Waals surface area contributed by atoms with E-state index in [1.165, 1.54) is 0 Å². The molecule has 0 aromatic heterocycles. The molecular weight excluding hydrogens is 206 g/mol. The van der Waals surface area contributed by atoms with Crippen molar-refractivity contribution in [3.05, 3.63) is 41.0 Å². The minimum Gasteiger partial charge on any atom is -0.319 e. The Morgan fingerprint density at radius 2 is 2.00 bits per heavy atom. The Labute approximate surface area is 81.1 Å². The van der Waals surface area contributed by atoms with E-state index in [1.807, 2.05) is 0 Å². The molecule has 0 saturated heterocycles. The van der Waals surface area contributed by atoms with Crippen LogP contribution in [0.5, 0.6) is 0 Å². The van der Waals surface area contributed by atoms with Gasteiger partial charge in [-0.3, -0.25) is 4.57 Å². The molecule has 76 valence electrons. The molecule has 1 aromatic rings. The van der Waals surface area contributed by atoms with E-state index in [9.17, 15) is 8.96 Å². The molecule has 0 saturated carbocycles. The quantitative estimate of drug-likeness (QED) is 0.746. The molecule has 0 bridgehead atoms. The summed E-state index contributed by atoms with van der Waals surface area (Å²) in [5.41, 5.74) is -0.184. The fourth-order valence-electron chi connectivity index (χ4n) is 0.961. The van der Waals surface area contributed by atoms with E-state index in [4.69, 9.17) is 9.79 Å². The van der Waals surface area contributed by atoms with Crippen molar-refractivity contribution in [2.75, 3.05) is 0 Å². The first kappa shape index (κ1) is 11.1. The third-order valence-corrected chi connectivity index (χ3v) is 2.43. The maximum atomic E-state index is 12.9. The van der Waals surface area contributed by atoms with Gasteiger partial charge >= 0.3 is 7.60 Å². The Bertz CT molecular complexity index is 408. The van der Waals surface area contributed by atoms with Gasteiger partial charge in [-0.2, -0.15) is 4.39 Å². The summed E-state index contributed by atoms with van der Waals surface area (Å²) in [6.45, 7) is 1.73. The molecule has 5 heteroatoms. The van der Waals surface area contributed by atoms with Crippen LogP contribution in [0.25, 0.3) is 6.08 Å². The summed E-state index contributed by atoms with van der Waals surface area (Å²) in [7, 11) is -4.75. The highest BCUT2D eigenvalue weighted by Crippen LogP contribution is 2.46. The molecule has 2 N–H and O–H groups in total. The predicted octanol–water partition coefficient (Wildman–Crippen LogP) is 2.44. The van der Waals surface area contributed by atoms with Crippen molar-refractivity contribution in [1.29, 1.82) is 0 Å². The smallest absolute Gasteiger partial charge is 0.319 e.